The SMILES string of the molecule is CO[C@@H]1[C@@H](n2cc(-c3cc(F)c(F)c(F)c3)nn2)[C@@H](O)[C@@H](CO)O[C@H]1S[C@@H]1COC[C@H](n2cc(-c3cnc(C(F)(F)F)nc3)nn2)[C@H]1O. The highest BCUT2D eigenvalue weighted by molar-refractivity contribution is 8.00. The molecule has 21 heteroatoms. The lowest BCUT2D eigenvalue weighted by Gasteiger charge is -2.45. The minimum Gasteiger partial charge on any atom is -0.394 e. The third kappa shape index (κ3) is 6.62. The van der Waals surface area contributed by atoms with Gasteiger partial charge in [-0.1, -0.05) is 10.4 Å². The van der Waals surface area contributed by atoms with Crippen LogP contribution in [0.1, 0.15) is 17.9 Å². The summed E-state index contributed by atoms with van der Waals surface area (Å²) in [5.74, 6) is -5.82. The van der Waals surface area contributed by atoms with E-state index in [9.17, 15) is 41.7 Å². The third-order valence-electron chi connectivity index (χ3n) is 7.90. The van der Waals surface area contributed by atoms with Crippen LogP contribution in [-0.2, 0) is 20.4 Å². The van der Waals surface area contributed by atoms with Crippen molar-refractivity contribution in [3.05, 3.63) is 60.2 Å². The predicted octanol–water partition coefficient (Wildman–Crippen LogP) is 1.80. The molecule has 0 saturated carbocycles. The van der Waals surface area contributed by atoms with E-state index in [4.69, 9.17) is 14.2 Å². The van der Waals surface area contributed by atoms with Gasteiger partial charge in [-0.05, 0) is 12.1 Å². The molecule has 2 aliphatic rings. The van der Waals surface area contributed by atoms with Crippen LogP contribution < -0.4 is 0 Å². The van der Waals surface area contributed by atoms with Gasteiger partial charge in [0.05, 0.1) is 43.6 Å². The number of hydrogen-bond donors (Lipinski definition) is 3. The summed E-state index contributed by atoms with van der Waals surface area (Å²) in [5, 5.41) is 47.7. The Kier molecular flexibility index (Phi) is 9.71. The van der Waals surface area contributed by atoms with Crippen LogP contribution in [0.2, 0.25) is 0 Å². The Bertz CT molecular complexity index is 1710. The zero-order valence-corrected chi connectivity index (χ0v) is 25.3. The Balaban J connectivity index is 1.20. The normalized spacial score (nSPS) is 28.1. The number of aliphatic hydroxyl groups excluding tert-OH is 3. The van der Waals surface area contributed by atoms with E-state index in [1.807, 2.05) is 0 Å². The molecule has 2 saturated heterocycles. The quantitative estimate of drug-likeness (QED) is 0.179. The molecule has 0 amide bonds. The molecule has 0 unspecified atom stereocenters. The number of rotatable bonds is 8. The molecule has 48 heavy (non-hydrogen) atoms. The highest BCUT2D eigenvalue weighted by Gasteiger charge is 2.49. The van der Waals surface area contributed by atoms with Crippen molar-refractivity contribution in [3.8, 4) is 22.5 Å². The molecule has 258 valence electrons. The lowest BCUT2D eigenvalue weighted by molar-refractivity contribution is -0.186. The van der Waals surface area contributed by atoms with Crippen molar-refractivity contribution in [1.82, 2.24) is 40.0 Å². The fraction of sp³-hybridized carbons (Fsp3) is 0.481. The third-order valence-corrected chi connectivity index (χ3v) is 9.31. The van der Waals surface area contributed by atoms with E-state index in [2.05, 4.69) is 30.6 Å². The van der Waals surface area contributed by atoms with Gasteiger partial charge in [0.1, 0.15) is 47.2 Å². The van der Waals surface area contributed by atoms with Crippen LogP contribution in [0.4, 0.5) is 26.3 Å². The van der Waals surface area contributed by atoms with Crippen molar-refractivity contribution in [1.29, 1.82) is 0 Å². The summed E-state index contributed by atoms with van der Waals surface area (Å²) in [7, 11) is 1.33. The maximum absolute atomic E-state index is 13.9. The monoisotopic (exact) mass is 704 g/mol. The Morgan fingerprint density at radius 1 is 0.938 bits per heavy atom. The summed E-state index contributed by atoms with van der Waals surface area (Å²) in [4.78, 5) is 6.65. The van der Waals surface area contributed by atoms with Crippen molar-refractivity contribution in [2.45, 2.75) is 53.4 Å². The number of methoxy groups -OCH3 is 1. The summed E-state index contributed by atoms with van der Waals surface area (Å²) in [6.45, 7) is -0.571. The number of alkyl halides is 3. The fourth-order valence-corrected chi connectivity index (χ4v) is 6.93. The first-order valence-corrected chi connectivity index (χ1v) is 15.1. The van der Waals surface area contributed by atoms with Gasteiger partial charge in [-0.3, -0.25) is 0 Å². The first kappa shape index (κ1) is 34.1. The molecule has 0 aliphatic carbocycles. The molecule has 2 aliphatic heterocycles. The molecule has 2 fully saturated rings. The van der Waals surface area contributed by atoms with Crippen LogP contribution in [0.25, 0.3) is 22.5 Å². The number of aliphatic hydroxyl groups is 3. The van der Waals surface area contributed by atoms with E-state index in [0.29, 0.717) is 0 Å². The van der Waals surface area contributed by atoms with E-state index >= 15 is 0 Å². The van der Waals surface area contributed by atoms with Crippen LogP contribution in [0.15, 0.2) is 36.9 Å². The molecule has 14 nitrogen and oxygen atoms in total. The average Bonchev–Trinajstić information content (AvgIpc) is 3.75. The van der Waals surface area contributed by atoms with E-state index in [0.717, 1.165) is 36.3 Å². The predicted molar refractivity (Wildman–Crippen MR) is 150 cm³/mol. The van der Waals surface area contributed by atoms with Gasteiger partial charge in [0.2, 0.25) is 5.82 Å². The van der Waals surface area contributed by atoms with Gasteiger partial charge < -0.3 is 29.5 Å². The van der Waals surface area contributed by atoms with Crippen molar-refractivity contribution in [2.75, 3.05) is 26.9 Å². The first-order valence-electron chi connectivity index (χ1n) is 14.2. The standard InChI is InChI=1S/C27H26F6N8O6S/c1-45-24-21(41-7-15(36-39-41)11-2-13(28)20(30)14(29)3-11)23(44)18(8-42)47-25(24)48-19-10-46-9-17(22(19)43)40-6-16(37-38-40)12-4-34-26(35-5-12)27(31,32)33/h2-7,17-19,21-25,42-44H,8-10H2,1H3/t17-,18+,19+,21-,22+,23-,24+,25-/m0/s1. The molecular formula is C27H26F6N8O6S. The Morgan fingerprint density at radius 2 is 1.56 bits per heavy atom. The number of aromatic nitrogens is 8. The van der Waals surface area contributed by atoms with Gasteiger partial charge in [0.15, 0.2) is 17.5 Å². The topological polar surface area (TPSA) is 176 Å². The lowest BCUT2D eigenvalue weighted by atomic mass is 9.97. The minimum absolute atomic E-state index is 0.0106. The molecule has 3 N–H and O–H groups in total. The summed E-state index contributed by atoms with van der Waals surface area (Å²) in [5.41, 5.74) is -0.794. The molecule has 3 aromatic heterocycles. The van der Waals surface area contributed by atoms with Gasteiger partial charge in [-0.25, -0.2) is 32.5 Å². The minimum atomic E-state index is -4.71. The van der Waals surface area contributed by atoms with Crippen LogP contribution in [0.5, 0.6) is 0 Å². The van der Waals surface area contributed by atoms with E-state index < -0.39 is 83.2 Å². The van der Waals surface area contributed by atoms with Gasteiger partial charge in [0, 0.05) is 30.6 Å². The number of nitrogens with zero attached hydrogens (tertiary/aromatic N) is 8. The Hall–Kier alpha value is -3.73. The van der Waals surface area contributed by atoms with E-state index in [1.165, 1.54) is 28.9 Å². The molecule has 0 bridgehead atoms. The summed E-state index contributed by atoms with van der Waals surface area (Å²) in [6, 6.07) is -0.364. The second kappa shape index (κ2) is 13.6. The summed E-state index contributed by atoms with van der Waals surface area (Å²) < 4.78 is 99.7. The maximum Gasteiger partial charge on any atom is 0.451 e. The largest absolute Gasteiger partial charge is 0.451 e. The molecule has 0 spiro atoms. The van der Waals surface area contributed by atoms with Crippen LogP contribution in [-0.4, -0.2) is 117 Å². The molecule has 8 atom stereocenters. The second-order valence-corrected chi connectivity index (χ2v) is 12.2. The Morgan fingerprint density at radius 3 is 2.19 bits per heavy atom. The second-order valence-electron chi connectivity index (χ2n) is 10.9. The first-order chi connectivity index (χ1) is 22.9. The molecular weight excluding hydrogens is 678 g/mol. The average molecular weight is 705 g/mol. The number of halogens is 6. The summed E-state index contributed by atoms with van der Waals surface area (Å²) in [6.07, 6.45) is -4.82. The maximum atomic E-state index is 13.9. The van der Waals surface area contributed by atoms with Gasteiger partial charge >= 0.3 is 6.18 Å². The highest BCUT2D eigenvalue weighted by Crippen LogP contribution is 2.41. The van der Waals surface area contributed by atoms with E-state index in [-0.39, 0.29) is 35.7 Å². The highest BCUT2D eigenvalue weighted by atomic mass is 32.2. The summed E-state index contributed by atoms with van der Waals surface area (Å²) >= 11 is 1.08. The fourth-order valence-electron chi connectivity index (χ4n) is 5.43. The molecule has 1 aromatic carbocycles. The number of thioether (sulfide) groups is 1. The van der Waals surface area contributed by atoms with Crippen LogP contribution >= 0.6 is 11.8 Å². The molecule has 5 heterocycles. The lowest BCUT2D eigenvalue weighted by Crippen LogP contribution is -2.56. The van der Waals surface area contributed by atoms with Gasteiger partial charge in [0.25, 0.3) is 0 Å². The van der Waals surface area contributed by atoms with Crippen molar-refractivity contribution < 1.29 is 55.9 Å². The van der Waals surface area contributed by atoms with Gasteiger partial charge in [-0.2, -0.15) is 13.2 Å². The van der Waals surface area contributed by atoms with Crippen LogP contribution in [0, 0.1) is 17.5 Å². The molecule has 0 radical (unpaired) electrons. The smallest absolute Gasteiger partial charge is 0.394 e. The van der Waals surface area contributed by atoms with E-state index in [1.54, 1.807) is 0 Å². The van der Waals surface area contributed by atoms with Crippen molar-refractivity contribution in [2.24, 2.45) is 0 Å². The zero-order chi connectivity index (χ0) is 34.3. The number of ether oxygens (including phenoxy) is 3. The van der Waals surface area contributed by atoms with Crippen molar-refractivity contribution >= 4 is 11.8 Å². The van der Waals surface area contributed by atoms with Gasteiger partial charge in [-0.15, -0.1) is 22.0 Å². The van der Waals surface area contributed by atoms with Crippen LogP contribution in [0.3, 0.4) is 0 Å². The zero-order valence-electron chi connectivity index (χ0n) is 24.5. The molecule has 4 aromatic rings. The Labute approximate surface area is 270 Å². The van der Waals surface area contributed by atoms with Crippen molar-refractivity contribution in [3.63, 3.8) is 0 Å². The number of hydrogen-bond acceptors (Lipinski definition) is 13. The number of benzene rings is 1. The molecule has 6 rings (SSSR count).